The van der Waals surface area contributed by atoms with E-state index in [1.807, 2.05) is 53.2 Å². The van der Waals surface area contributed by atoms with Crippen molar-refractivity contribution in [3.8, 4) is 5.75 Å². The van der Waals surface area contributed by atoms with Gasteiger partial charge in [0.1, 0.15) is 11.8 Å². The molecule has 1 N–H and O–H groups in total. The van der Waals surface area contributed by atoms with Crippen LogP contribution in [0.2, 0.25) is 0 Å². The number of aryl methyl sites for hydroxylation is 1. The highest BCUT2D eigenvalue weighted by Gasteiger charge is 2.32. The van der Waals surface area contributed by atoms with Crippen LogP contribution in [-0.4, -0.2) is 68.3 Å². The minimum atomic E-state index is -0.388. The standard InChI is InChI=1S/C31H33N7O2/c1-22-8-13-28-25(18-22)19-27(31(39)32-28)29(37-16-14-36(15-17-37)20-23-6-4-3-5-7-23)30-33-34-35-38(30)21-24-9-11-26(40-2)12-10-24/h3-13,18-19,29H,14-17,20-21H2,1-2H3,(H,32,39). The molecule has 1 unspecified atom stereocenters. The summed E-state index contributed by atoms with van der Waals surface area (Å²) in [7, 11) is 1.65. The number of aromatic nitrogens is 5. The zero-order valence-electron chi connectivity index (χ0n) is 22.8. The highest BCUT2D eigenvalue weighted by Crippen LogP contribution is 2.29. The number of aromatic amines is 1. The number of H-pyrrole nitrogens is 1. The first-order valence-electron chi connectivity index (χ1n) is 13.6. The fraction of sp³-hybridized carbons (Fsp3) is 0.290. The molecule has 9 nitrogen and oxygen atoms in total. The van der Waals surface area contributed by atoms with Crippen molar-refractivity contribution in [1.29, 1.82) is 0 Å². The van der Waals surface area contributed by atoms with Crippen molar-refractivity contribution in [2.75, 3.05) is 33.3 Å². The van der Waals surface area contributed by atoms with Crippen LogP contribution in [0.1, 0.15) is 34.1 Å². The fourth-order valence-electron chi connectivity index (χ4n) is 5.49. The zero-order valence-corrected chi connectivity index (χ0v) is 22.8. The van der Waals surface area contributed by atoms with Gasteiger partial charge in [-0.3, -0.25) is 14.6 Å². The van der Waals surface area contributed by atoms with Crippen LogP contribution in [0, 0.1) is 6.92 Å². The summed E-state index contributed by atoms with van der Waals surface area (Å²) >= 11 is 0. The summed E-state index contributed by atoms with van der Waals surface area (Å²) in [5.41, 5.74) is 4.85. The number of nitrogens with one attached hydrogen (secondary N) is 1. The van der Waals surface area contributed by atoms with Gasteiger partial charge in [0.05, 0.1) is 13.7 Å². The second-order valence-corrected chi connectivity index (χ2v) is 10.4. The van der Waals surface area contributed by atoms with Gasteiger partial charge in [-0.25, -0.2) is 4.68 Å². The summed E-state index contributed by atoms with van der Waals surface area (Å²) in [5.74, 6) is 1.45. The molecule has 9 heteroatoms. The fourth-order valence-corrected chi connectivity index (χ4v) is 5.49. The van der Waals surface area contributed by atoms with Gasteiger partial charge < -0.3 is 9.72 Å². The number of methoxy groups -OCH3 is 1. The Hall–Kier alpha value is -4.34. The normalized spacial score (nSPS) is 15.3. The van der Waals surface area contributed by atoms with Gasteiger partial charge >= 0.3 is 0 Å². The van der Waals surface area contributed by atoms with Crippen molar-refractivity contribution in [1.82, 2.24) is 35.0 Å². The Kier molecular flexibility index (Phi) is 7.39. The van der Waals surface area contributed by atoms with Crippen LogP contribution >= 0.6 is 0 Å². The van der Waals surface area contributed by atoms with E-state index >= 15 is 0 Å². The van der Waals surface area contributed by atoms with Crippen LogP contribution in [0.4, 0.5) is 0 Å². The predicted molar refractivity (Wildman–Crippen MR) is 154 cm³/mol. The highest BCUT2D eigenvalue weighted by molar-refractivity contribution is 5.79. The minimum Gasteiger partial charge on any atom is -0.497 e. The van der Waals surface area contributed by atoms with Crippen LogP contribution in [0.3, 0.4) is 0 Å². The molecule has 1 fully saturated rings. The smallest absolute Gasteiger partial charge is 0.253 e. The third-order valence-corrected chi connectivity index (χ3v) is 7.64. The highest BCUT2D eigenvalue weighted by atomic mass is 16.5. The lowest BCUT2D eigenvalue weighted by Crippen LogP contribution is -2.48. The van der Waals surface area contributed by atoms with Gasteiger partial charge in [-0.1, -0.05) is 54.1 Å². The summed E-state index contributed by atoms with van der Waals surface area (Å²) in [4.78, 5) is 21.5. The third-order valence-electron chi connectivity index (χ3n) is 7.64. The molecule has 0 saturated carbocycles. The van der Waals surface area contributed by atoms with Gasteiger partial charge in [-0.2, -0.15) is 0 Å². The van der Waals surface area contributed by atoms with E-state index in [0.717, 1.165) is 60.5 Å². The van der Waals surface area contributed by atoms with Crippen molar-refractivity contribution in [3.05, 3.63) is 117 Å². The Morgan fingerprint density at radius 3 is 2.40 bits per heavy atom. The van der Waals surface area contributed by atoms with Gasteiger partial charge in [0.2, 0.25) is 0 Å². The molecule has 0 amide bonds. The van der Waals surface area contributed by atoms with Gasteiger partial charge in [-0.15, -0.1) is 5.10 Å². The summed E-state index contributed by atoms with van der Waals surface area (Å²) in [5, 5.41) is 13.9. The lowest BCUT2D eigenvalue weighted by atomic mass is 10.0. The summed E-state index contributed by atoms with van der Waals surface area (Å²) in [6.45, 7) is 6.80. The van der Waals surface area contributed by atoms with E-state index < -0.39 is 0 Å². The van der Waals surface area contributed by atoms with E-state index in [0.29, 0.717) is 17.9 Å². The number of hydrogen-bond donors (Lipinski definition) is 1. The molecule has 0 bridgehead atoms. The molecule has 3 heterocycles. The van der Waals surface area contributed by atoms with Gasteiger partial charge in [0.15, 0.2) is 5.82 Å². The van der Waals surface area contributed by atoms with Crippen LogP contribution in [0.5, 0.6) is 5.75 Å². The van der Waals surface area contributed by atoms with Crippen LogP contribution in [0.25, 0.3) is 10.9 Å². The number of tetrazole rings is 1. The van der Waals surface area contributed by atoms with Crippen molar-refractivity contribution in [2.24, 2.45) is 0 Å². The summed E-state index contributed by atoms with van der Waals surface area (Å²) < 4.78 is 7.12. The molecular formula is C31H33N7O2. The number of ether oxygens (including phenoxy) is 1. The van der Waals surface area contributed by atoms with Crippen LogP contribution < -0.4 is 10.3 Å². The SMILES string of the molecule is COc1ccc(Cn2nnnc2C(c2cc3cc(C)ccc3[nH]c2=O)N2CCN(Cc3ccccc3)CC2)cc1. The number of pyridine rings is 1. The Morgan fingerprint density at radius 1 is 0.900 bits per heavy atom. The van der Waals surface area contributed by atoms with Crippen LogP contribution in [-0.2, 0) is 13.1 Å². The lowest BCUT2D eigenvalue weighted by Gasteiger charge is -2.38. The summed E-state index contributed by atoms with van der Waals surface area (Å²) in [6, 6.07) is 26.1. The molecule has 3 aromatic carbocycles. The van der Waals surface area contributed by atoms with E-state index in [2.05, 4.69) is 67.6 Å². The second-order valence-electron chi connectivity index (χ2n) is 10.4. The van der Waals surface area contributed by atoms with Crippen molar-refractivity contribution < 1.29 is 4.74 Å². The molecule has 6 rings (SSSR count). The molecular weight excluding hydrogens is 502 g/mol. The Labute approximate surface area is 233 Å². The average molecular weight is 536 g/mol. The number of piperazine rings is 1. The number of hydrogen-bond acceptors (Lipinski definition) is 7. The topological polar surface area (TPSA) is 92.2 Å². The Bertz CT molecular complexity index is 1640. The van der Waals surface area contributed by atoms with Crippen LogP contribution in [0.15, 0.2) is 83.7 Å². The third kappa shape index (κ3) is 5.52. The number of fused-ring (bicyclic) bond motifs is 1. The molecule has 2 aromatic heterocycles. The molecule has 1 saturated heterocycles. The largest absolute Gasteiger partial charge is 0.497 e. The molecule has 0 spiro atoms. The minimum absolute atomic E-state index is 0.118. The lowest BCUT2D eigenvalue weighted by molar-refractivity contribution is 0.0998. The second kappa shape index (κ2) is 11.4. The number of rotatable bonds is 8. The number of nitrogens with zero attached hydrogens (tertiary/aromatic N) is 6. The van der Waals surface area contributed by atoms with E-state index in [1.165, 1.54) is 5.56 Å². The first kappa shape index (κ1) is 25.9. The van der Waals surface area contributed by atoms with E-state index in [9.17, 15) is 4.79 Å². The monoisotopic (exact) mass is 535 g/mol. The van der Waals surface area contributed by atoms with Gasteiger partial charge in [-0.05, 0) is 64.2 Å². The zero-order chi connectivity index (χ0) is 27.5. The van der Waals surface area contributed by atoms with E-state index in [1.54, 1.807) is 7.11 Å². The average Bonchev–Trinajstić information content (AvgIpc) is 3.43. The molecule has 1 aliphatic heterocycles. The van der Waals surface area contributed by atoms with Crippen molar-refractivity contribution in [2.45, 2.75) is 26.1 Å². The Morgan fingerprint density at radius 2 is 1.65 bits per heavy atom. The van der Waals surface area contributed by atoms with E-state index in [-0.39, 0.29) is 11.6 Å². The predicted octanol–water partition coefficient (Wildman–Crippen LogP) is 3.79. The van der Waals surface area contributed by atoms with Crippen molar-refractivity contribution >= 4 is 10.9 Å². The Balaban J connectivity index is 1.34. The molecule has 0 radical (unpaired) electrons. The first-order chi connectivity index (χ1) is 19.6. The van der Waals surface area contributed by atoms with Gasteiger partial charge in [0.25, 0.3) is 5.56 Å². The van der Waals surface area contributed by atoms with E-state index in [4.69, 9.17) is 4.74 Å². The van der Waals surface area contributed by atoms with Crippen molar-refractivity contribution in [3.63, 3.8) is 0 Å². The summed E-state index contributed by atoms with van der Waals surface area (Å²) in [6.07, 6.45) is 0. The molecule has 40 heavy (non-hydrogen) atoms. The first-order valence-corrected chi connectivity index (χ1v) is 13.6. The maximum Gasteiger partial charge on any atom is 0.253 e. The maximum absolute atomic E-state index is 13.6. The molecule has 5 aromatic rings. The molecule has 204 valence electrons. The molecule has 0 aliphatic carbocycles. The molecule has 1 aliphatic rings. The maximum atomic E-state index is 13.6. The quantitative estimate of drug-likeness (QED) is 0.323. The molecule has 1 atom stereocenters. The number of benzene rings is 3. The van der Waals surface area contributed by atoms with Gasteiger partial charge in [0, 0.05) is 43.8 Å².